The van der Waals surface area contributed by atoms with E-state index in [0.29, 0.717) is 32.8 Å². The van der Waals surface area contributed by atoms with Crippen LogP contribution in [0.4, 0.5) is 0 Å². The highest BCUT2D eigenvalue weighted by atomic mass is 16.5. The number of furan rings is 1. The molecular weight excluding hydrogens is 218 g/mol. The highest BCUT2D eigenvalue weighted by Gasteiger charge is 2.12. The minimum atomic E-state index is -0.529. The Morgan fingerprint density at radius 3 is 3.06 bits per heavy atom. The van der Waals surface area contributed by atoms with Gasteiger partial charge < -0.3 is 14.3 Å². The van der Waals surface area contributed by atoms with Gasteiger partial charge in [0.1, 0.15) is 5.76 Å². The van der Waals surface area contributed by atoms with Gasteiger partial charge in [0, 0.05) is 13.2 Å². The Balaban J connectivity index is 2.40. The number of hydrogen-bond donors (Lipinski definition) is 1. The van der Waals surface area contributed by atoms with E-state index in [1.54, 1.807) is 6.26 Å². The lowest BCUT2D eigenvalue weighted by Gasteiger charge is -2.21. The summed E-state index contributed by atoms with van der Waals surface area (Å²) in [5.41, 5.74) is 0. The minimum Gasteiger partial charge on any atom is -0.468 e. The van der Waals surface area contributed by atoms with Crippen molar-refractivity contribution in [3.05, 3.63) is 24.2 Å². The molecule has 0 saturated carbocycles. The molecule has 0 fully saturated rings. The van der Waals surface area contributed by atoms with E-state index in [1.807, 2.05) is 24.0 Å². The summed E-state index contributed by atoms with van der Waals surface area (Å²) in [5.74, 6) is 3.41. The molecule has 0 spiro atoms. The van der Waals surface area contributed by atoms with Gasteiger partial charge in [-0.3, -0.25) is 4.90 Å². The molecule has 4 nitrogen and oxygen atoms in total. The smallest absolute Gasteiger partial charge is 0.117 e. The first-order valence-electron chi connectivity index (χ1n) is 5.70. The zero-order chi connectivity index (χ0) is 12.5. The third-order valence-corrected chi connectivity index (χ3v) is 2.26. The summed E-state index contributed by atoms with van der Waals surface area (Å²) in [5, 5.41) is 9.74. The molecule has 94 valence electrons. The number of ether oxygens (including phenoxy) is 1. The van der Waals surface area contributed by atoms with Crippen LogP contribution in [-0.2, 0) is 11.3 Å². The standard InChI is InChI=1S/C13H19NO3/c1-3-7-14(9-12(15)11-16-4-2)10-13-6-5-8-17-13/h1,5-6,8,12,15H,4,7,9-11H2,2H3/t12-/m0/s1. The van der Waals surface area contributed by atoms with Crippen molar-refractivity contribution in [2.45, 2.75) is 19.6 Å². The normalized spacial score (nSPS) is 12.6. The molecule has 0 aliphatic carbocycles. The Kier molecular flexibility index (Phi) is 6.41. The average molecular weight is 237 g/mol. The van der Waals surface area contributed by atoms with Crippen LogP contribution in [0, 0.1) is 12.3 Å². The summed E-state index contributed by atoms with van der Waals surface area (Å²) in [4.78, 5) is 1.95. The Bertz CT molecular complexity index is 329. The zero-order valence-corrected chi connectivity index (χ0v) is 10.1. The van der Waals surface area contributed by atoms with E-state index in [9.17, 15) is 5.11 Å². The van der Waals surface area contributed by atoms with Gasteiger partial charge in [0.05, 0.1) is 32.1 Å². The molecule has 1 N–H and O–H groups in total. The first-order valence-corrected chi connectivity index (χ1v) is 5.70. The molecule has 0 aliphatic rings. The largest absolute Gasteiger partial charge is 0.468 e. The van der Waals surface area contributed by atoms with Crippen molar-refractivity contribution in [3.63, 3.8) is 0 Å². The molecule has 0 radical (unpaired) electrons. The zero-order valence-electron chi connectivity index (χ0n) is 10.1. The number of aliphatic hydroxyl groups excluding tert-OH is 1. The fourth-order valence-electron chi connectivity index (χ4n) is 1.54. The molecule has 4 heteroatoms. The summed E-state index contributed by atoms with van der Waals surface area (Å²) in [6.45, 7) is 4.38. The molecule has 0 aromatic carbocycles. The van der Waals surface area contributed by atoms with E-state index in [-0.39, 0.29) is 0 Å². The van der Waals surface area contributed by atoms with Gasteiger partial charge >= 0.3 is 0 Å². The molecular formula is C13H19NO3. The van der Waals surface area contributed by atoms with Crippen LogP contribution in [0.5, 0.6) is 0 Å². The summed E-state index contributed by atoms with van der Waals surface area (Å²) in [6.07, 6.45) is 6.39. The Labute approximate surface area is 102 Å². The summed E-state index contributed by atoms with van der Waals surface area (Å²) in [6, 6.07) is 3.72. The lowest BCUT2D eigenvalue weighted by atomic mass is 10.3. The maximum absolute atomic E-state index is 9.74. The third kappa shape index (κ3) is 5.55. The van der Waals surface area contributed by atoms with Crippen molar-refractivity contribution in [2.75, 3.05) is 26.3 Å². The topological polar surface area (TPSA) is 45.8 Å². The quantitative estimate of drug-likeness (QED) is 0.688. The number of rotatable bonds is 8. The SMILES string of the molecule is C#CCN(Cc1ccco1)C[C@H](O)COCC. The third-order valence-electron chi connectivity index (χ3n) is 2.26. The molecule has 0 bridgehead atoms. The minimum absolute atomic E-state index is 0.329. The lowest BCUT2D eigenvalue weighted by molar-refractivity contribution is 0.0211. The second-order valence-electron chi connectivity index (χ2n) is 3.77. The molecule has 0 unspecified atom stereocenters. The molecule has 0 amide bonds. The molecule has 1 aromatic rings. The molecule has 0 aliphatic heterocycles. The number of aliphatic hydroxyl groups is 1. The van der Waals surface area contributed by atoms with Crippen LogP contribution in [0.25, 0.3) is 0 Å². The Morgan fingerprint density at radius 2 is 2.47 bits per heavy atom. The van der Waals surface area contributed by atoms with Crippen LogP contribution >= 0.6 is 0 Å². The fraction of sp³-hybridized carbons (Fsp3) is 0.538. The van der Waals surface area contributed by atoms with Gasteiger partial charge in [-0.05, 0) is 19.1 Å². The van der Waals surface area contributed by atoms with E-state index in [1.165, 1.54) is 0 Å². The van der Waals surface area contributed by atoms with E-state index < -0.39 is 6.10 Å². The van der Waals surface area contributed by atoms with Gasteiger partial charge in [0.25, 0.3) is 0 Å². The monoisotopic (exact) mass is 237 g/mol. The first kappa shape index (κ1) is 13.8. The van der Waals surface area contributed by atoms with Gasteiger partial charge in [0.2, 0.25) is 0 Å². The summed E-state index contributed by atoms with van der Waals surface area (Å²) >= 11 is 0. The van der Waals surface area contributed by atoms with Crippen LogP contribution in [0.1, 0.15) is 12.7 Å². The molecule has 1 atom stereocenters. The maximum atomic E-state index is 9.74. The maximum Gasteiger partial charge on any atom is 0.117 e. The Hall–Kier alpha value is -1.28. The van der Waals surface area contributed by atoms with E-state index in [2.05, 4.69) is 5.92 Å². The predicted molar refractivity (Wildman–Crippen MR) is 65.3 cm³/mol. The van der Waals surface area contributed by atoms with Gasteiger partial charge in [-0.25, -0.2) is 0 Å². The predicted octanol–water partition coefficient (Wildman–Crippen LogP) is 1.11. The van der Waals surface area contributed by atoms with Crippen LogP contribution in [-0.4, -0.2) is 42.4 Å². The van der Waals surface area contributed by atoms with Gasteiger partial charge in [-0.1, -0.05) is 5.92 Å². The van der Waals surface area contributed by atoms with E-state index >= 15 is 0 Å². The number of nitrogens with zero attached hydrogens (tertiary/aromatic N) is 1. The van der Waals surface area contributed by atoms with Crippen molar-refractivity contribution in [1.82, 2.24) is 4.90 Å². The number of terminal acetylenes is 1. The van der Waals surface area contributed by atoms with Crippen molar-refractivity contribution < 1.29 is 14.3 Å². The van der Waals surface area contributed by atoms with Crippen LogP contribution in [0.2, 0.25) is 0 Å². The Morgan fingerprint density at radius 1 is 1.65 bits per heavy atom. The highest BCUT2D eigenvalue weighted by Crippen LogP contribution is 2.05. The van der Waals surface area contributed by atoms with E-state index in [0.717, 1.165) is 5.76 Å². The van der Waals surface area contributed by atoms with Crippen molar-refractivity contribution in [1.29, 1.82) is 0 Å². The average Bonchev–Trinajstić information content (AvgIpc) is 2.79. The molecule has 1 heterocycles. The van der Waals surface area contributed by atoms with Crippen molar-refractivity contribution in [3.8, 4) is 12.3 Å². The van der Waals surface area contributed by atoms with Crippen molar-refractivity contribution in [2.24, 2.45) is 0 Å². The lowest BCUT2D eigenvalue weighted by Crippen LogP contribution is -2.34. The van der Waals surface area contributed by atoms with Gasteiger partial charge in [0.15, 0.2) is 0 Å². The summed E-state index contributed by atoms with van der Waals surface area (Å²) < 4.78 is 10.4. The van der Waals surface area contributed by atoms with Crippen LogP contribution < -0.4 is 0 Å². The molecule has 17 heavy (non-hydrogen) atoms. The van der Waals surface area contributed by atoms with Crippen LogP contribution in [0.15, 0.2) is 22.8 Å². The van der Waals surface area contributed by atoms with Gasteiger partial charge in [-0.15, -0.1) is 6.42 Å². The van der Waals surface area contributed by atoms with Gasteiger partial charge in [-0.2, -0.15) is 0 Å². The molecule has 1 rings (SSSR count). The molecule has 0 saturated heterocycles. The fourth-order valence-corrected chi connectivity index (χ4v) is 1.54. The highest BCUT2D eigenvalue weighted by molar-refractivity contribution is 4.99. The second kappa shape index (κ2) is 7.91. The van der Waals surface area contributed by atoms with E-state index in [4.69, 9.17) is 15.6 Å². The van der Waals surface area contributed by atoms with Crippen molar-refractivity contribution >= 4 is 0 Å². The summed E-state index contributed by atoms with van der Waals surface area (Å²) in [7, 11) is 0. The second-order valence-corrected chi connectivity index (χ2v) is 3.77. The van der Waals surface area contributed by atoms with Crippen LogP contribution in [0.3, 0.4) is 0 Å². The number of hydrogen-bond acceptors (Lipinski definition) is 4. The molecule has 1 aromatic heterocycles. The first-order chi connectivity index (χ1) is 8.26.